The molecule has 3 rings (SSSR count). The fraction of sp³-hybridized carbons (Fsp3) is 0.0667. The summed E-state index contributed by atoms with van der Waals surface area (Å²) in [6, 6.07) is 14.3. The SMILES string of the molecule is O=C(Cc1ccccc1O)Nc1n[nH]c2ccccc12. The number of aromatic nitrogens is 2. The zero-order valence-electron chi connectivity index (χ0n) is 10.6. The Labute approximate surface area is 115 Å². The average Bonchev–Trinajstić information content (AvgIpc) is 2.85. The van der Waals surface area contributed by atoms with E-state index in [2.05, 4.69) is 15.5 Å². The highest BCUT2D eigenvalue weighted by atomic mass is 16.3. The van der Waals surface area contributed by atoms with Gasteiger partial charge in [-0.15, -0.1) is 0 Å². The molecule has 5 nitrogen and oxygen atoms in total. The molecular weight excluding hydrogens is 254 g/mol. The third-order valence-corrected chi connectivity index (χ3v) is 3.07. The molecule has 100 valence electrons. The molecule has 0 unspecified atom stereocenters. The molecule has 0 aliphatic carbocycles. The van der Waals surface area contributed by atoms with Gasteiger partial charge >= 0.3 is 0 Å². The van der Waals surface area contributed by atoms with E-state index in [0.717, 1.165) is 10.9 Å². The minimum atomic E-state index is -0.219. The lowest BCUT2D eigenvalue weighted by Gasteiger charge is -2.04. The number of aromatic hydroxyl groups is 1. The van der Waals surface area contributed by atoms with Crippen LogP contribution in [0.3, 0.4) is 0 Å². The Morgan fingerprint density at radius 2 is 1.90 bits per heavy atom. The molecule has 0 aliphatic heterocycles. The van der Waals surface area contributed by atoms with E-state index in [1.54, 1.807) is 24.3 Å². The van der Waals surface area contributed by atoms with Gasteiger partial charge in [0.15, 0.2) is 5.82 Å². The van der Waals surface area contributed by atoms with Crippen molar-refractivity contribution >= 4 is 22.6 Å². The first-order valence-corrected chi connectivity index (χ1v) is 6.24. The Kier molecular flexibility index (Phi) is 3.09. The third kappa shape index (κ3) is 2.33. The molecule has 0 saturated heterocycles. The van der Waals surface area contributed by atoms with E-state index in [4.69, 9.17) is 0 Å². The normalized spacial score (nSPS) is 10.6. The van der Waals surface area contributed by atoms with Crippen LogP contribution >= 0.6 is 0 Å². The van der Waals surface area contributed by atoms with Crippen LogP contribution < -0.4 is 5.32 Å². The molecule has 0 bridgehead atoms. The number of carbonyl (C=O) groups is 1. The van der Waals surface area contributed by atoms with E-state index in [9.17, 15) is 9.90 Å². The van der Waals surface area contributed by atoms with Gasteiger partial charge in [-0.2, -0.15) is 5.10 Å². The van der Waals surface area contributed by atoms with Crippen LogP contribution in [0.1, 0.15) is 5.56 Å². The summed E-state index contributed by atoms with van der Waals surface area (Å²) < 4.78 is 0. The molecule has 5 heteroatoms. The van der Waals surface area contributed by atoms with Gasteiger partial charge in [0.25, 0.3) is 0 Å². The van der Waals surface area contributed by atoms with Crippen LogP contribution in [0.25, 0.3) is 10.9 Å². The van der Waals surface area contributed by atoms with Gasteiger partial charge in [-0.3, -0.25) is 9.89 Å². The molecule has 0 fully saturated rings. The molecule has 3 aromatic rings. The monoisotopic (exact) mass is 267 g/mol. The molecular formula is C15H13N3O2. The Bertz CT molecular complexity index is 764. The Balaban J connectivity index is 1.78. The van der Waals surface area contributed by atoms with E-state index >= 15 is 0 Å². The Hall–Kier alpha value is -2.82. The zero-order chi connectivity index (χ0) is 13.9. The second-order valence-corrected chi connectivity index (χ2v) is 4.47. The smallest absolute Gasteiger partial charge is 0.230 e. The van der Waals surface area contributed by atoms with Gasteiger partial charge in [-0.05, 0) is 18.2 Å². The van der Waals surface area contributed by atoms with Crippen LogP contribution in [0, 0.1) is 0 Å². The second kappa shape index (κ2) is 5.05. The van der Waals surface area contributed by atoms with Crippen molar-refractivity contribution in [2.24, 2.45) is 0 Å². The number of para-hydroxylation sites is 2. The van der Waals surface area contributed by atoms with E-state index in [0.29, 0.717) is 11.4 Å². The number of nitrogens with zero attached hydrogens (tertiary/aromatic N) is 1. The van der Waals surface area contributed by atoms with Gasteiger partial charge in [-0.25, -0.2) is 0 Å². The van der Waals surface area contributed by atoms with E-state index in [1.807, 2.05) is 24.3 Å². The van der Waals surface area contributed by atoms with E-state index in [-0.39, 0.29) is 18.1 Å². The van der Waals surface area contributed by atoms with Crippen LogP contribution in [0.4, 0.5) is 5.82 Å². The first-order valence-electron chi connectivity index (χ1n) is 6.24. The summed E-state index contributed by atoms with van der Waals surface area (Å²) in [7, 11) is 0. The lowest BCUT2D eigenvalue weighted by atomic mass is 10.1. The molecule has 0 spiro atoms. The number of fused-ring (bicyclic) bond motifs is 1. The fourth-order valence-corrected chi connectivity index (χ4v) is 2.07. The second-order valence-electron chi connectivity index (χ2n) is 4.47. The molecule has 20 heavy (non-hydrogen) atoms. The topological polar surface area (TPSA) is 78.0 Å². The number of phenols is 1. The predicted octanol–water partition coefficient (Wildman–Crippen LogP) is 2.45. The highest BCUT2D eigenvalue weighted by Gasteiger charge is 2.11. The minimum absolute atomic E-state index is 0.105. The number of rotatable bonds is 3. The first-order chi connectivity index (χ1) is 9.74. The van der Waals surface area contributed by atoms with Gasteiger partial charge in [0, 0.05) is 10.9 Å². The van der Waals surface area contributed by atoms with Crippen LogP contribution in [-0.4, -0.2) is 21.2 Å². The molecule has 0 saturated carbocycles. The minimum Gasteiger partial charge on any atom is -0.508 e. The lowest BCUT2D eigenvalue weighted by Crippen LogP contribution is -2.14. The van der Waals surface area contributed by atoms with Crippen molar-refractivity contribution in [1.29, 1.82) is 0 Å². The summed E-state index contributed by atoms with van der Waals surface area (Å²) in [6.45, 7) is 0. The number of H-pyrrole nitrogens is 1. The standard InChI is InChI=1S/C15H13N3O2/c19-13-8-4-1-5-10(13)9-14(20)16-15-11-6-2-3-7-12(11)17-18-15/h1-8,19H,9H2,(H2,16,17,18,20). The summed E-state index contributed by atoms with van der Waals surface area (Å²) in [5.74, 6) is 0.402. The average molecular weight is 267 g/mol. The predicted molar refractivity (Wildman–Crippen MR) is 76.5 cm³/mol. The third-order valence-electron chi connectivity index (χ3n) is 3.07. The molecule has 1 aromatic heterocycles. The van der Waals surface area contributed by atoms with Crippen LogP contribution in [0.15, 0.2) is 48.5 Å². The molecule has 3 N–H and O–H groups in total. The number of nitrogens with one attached hydrogen (secondary N) is 2. The number of carbonyl (C=O) groups excluding carboxylic acids is 1. The van der Waals surface area contributed by atoms with Crippen molar-refractivity contribution in [1.82, 2.24) is 10.2 Å². The Morgan fingerprint density at radius 3 is 2.75 bits per heavy atom. The largest absolute Gasteiger partial charge is 0.508 e. The molecule has 1 amide bonds. The lowest BCUT2D eigenvalue weighted by molar-refractivity contribution is -0.115. The number of aromatic amines is 1. The van der Waals surface area contributed by atoms with Crippen molar-refractivity contribution in [3.63, 3.8) is 0 Å². The maximum absolute atomic E-state index is 12.0. The fourth-order valence-electron chi connectivity index (χ4n) is 2.07. The number of hydrogen-bond donors (Lipinski definition) is 3. The summed E-state index contributed by atoms with van der Waals surface area (Å²) >= 11 is 0. The van der Waals surface area contributed by atoms with Crippen LogP contribution in [0.5, 0.6) is 5.75 Å². The first kappa shape index (κ1) is 12.2. The zero-order valence-corrected chi connectivity index (χ0v) is 10.6. The quantitative estimate of drug-likeness (QED) is 0.682. The number of anilines is 1. The van der Waals surface area contributed by atoms with E-state index in [1.165, 1.54) is 0 Å². The van der Waals surface area contributed by atoms with E-state index < -0.39 is 0 Å². The summed E-state index contributed by atoms with van der Waals surface area (Å²) in [5.41, 5.74) is 1.45. The van der Waals surface area contributed by atoms with Crippen molar-refractivity contribution < 1.29 is 9.90 Å². The van der Waals surface area contributed by atoms with Gasteiger partial charge in [0.05, 0.1) is 11.9 Å². The maximum Gasteiger partial charge on any atom is 0.230 e. The summed E-state index contributed by atoms with van der Waals surface area (Å²) in [4.78, 5) is 12.0. The van der Waals surface area contributed by atoms with Crippen molar-refractivity contribution in [3.8, 4) is 5.75 Å². The van der Waals surface area contributed by atoms with Crippen molar-refractivity contribution in [2.45, 2.75) is 6.42 Å². The molecule has 1 heterocycles. The van der Waals surface area contributed by atoms with Gasteiger partial charge in [0.1, 0.15) is 5.75 Å². The van der Waals surface area contributed by atoms with Gasteiger partial charge in [0.2, 0.25) is 5.91 Å². The summed E-state index contributed by atoms with van der Waals surface area (Å²) in [6.07, 6.45) is 0.105. The van der Waals surface area contributed by atoms with Crippen molar-refractivity contribution in [3.05, 3.63) is 54.1 Å². The number of benzene rings is 2. The van der Waals surface area contributed by atoms with Gasteiger partial charge < -0.3 is 10.4 Å². The van der Waals surface area contributed by atoms with Crippen LogP contribution in [0.2, 0.25) is 0 Å². The highest BCUT2D eigenvalue weighted by Crippen LogP contribution is 2.21. The molecule has 2 aromatic carbocycles. The summed E-state index contributed by atoms with van der Waals surface area (Å²) in [5, 5.41) is 20.2. The van der Waals surface area contributed by atoms with Gasteiger partial charge in [-0.1, -0.05) is 30.3 Å². The molecule has 0 radical (unpaired) electrons. The van der Waals surface area contributed by atoms with Crippen LogP contribution in [-0.2, 0) is 11.2 Å². The Morgan fingerprint density at radius 1 is 1.15 bits per heavy atom. The number of phenolic OH excluding ortho intramolecular Hbond substituents is 1. The molecule has 0 atom stereocenters. The number of amides is 1. The highest BCUT2D eigenvalue weighted by molar-refractivity contribution is 6.00. The maximum atomic E-state index is 12.0. The molecule has 0 aliphatic rings. The number of hydrogen-bond acceptors (Lipinski definition) is 3. The van der Waals surface area contributed by atoms with Crippen molar-refractivity contribution in [2.75, 3.05) is 5.32 Å².